The molecule has 3 aromatic carbocycles. The number of fused-ring (bicyclic) bond motifs is 2. The van der Waals surface area contributed by atoms with E-state index in [9.17, 15) is 21.6 Å². The van der Waals surface area contributed by atoms with Crippen LogP contribution in [0.25, 0.3) is 11.1 Å². The lowest BCUT2D eigenvalue weighted by Gasteiger charge is -2.20. The van der Waals surface area contributed by atoms with Crippen LogP contribution in [0, 0.1) is 0 Å². The highest BCUT2D eigenvalue weighted by atomic mass is 35.5. The average Bonchev–Trinajstić information content (AvgIpc) is 3.38. The lowest BCUT2D eigenvalue weighted by Crippen LogP contribution is -2.29. The van der Waals surface area contributed by atoms with Gasteiger partial charge in [-0.3, -0.25) is 13.6 Å². The van der Waals surface area contributed by atoms with Gasteiger partial charge in [-0.1, -0.05) is 17.7 Å². The van der Waals surface area contributed by atoms with Crippen molar-refractivity contribution in [3.05, 3.63) is 81.8 Å². The maximum atomic E-state index is 13.2. The molecule has 182 valence electrons. The van der Waals surface area contributed by atoms with Crippen molar-refractivity contribution in [1.29, 1.82) is 0 Å². The Labute approximate surface area is 206 Å². The normalized spacial score (nSPS) is 13.8. The fourth-order valence-electron chi connectivity index (χ4n) is 4.12. The van der Waals surface area contributed by atoms with E-state index in [-0.39, 0.29) is 27.6 Å². The van der Waals surface area contributed by atoms with E-state index in [1.165, 1.54) is 57.4 Å². The molecule has 12 heteroatoms. The number of oxazole rings is 1. The topological polar surface area (TPSA) is 119 Å². The average molecular weight is 534 g/mol. The molecule has 1 aromatic heterocycles. The van der Waals surface area contributed by atoms with Gasteiger partial charge in [0.25, 0.3) is 20.0 Å². The molecule has 0 bridgehead atoms. The molecule has 0 amide bonds. The van der Waals surface area contributed by atoms with Gasteiger partial charge in [0.1, 0.15) is 0 Å². The number of nitrogens with one attached hydrogen (secondary N) is 1. The quantitative estimate of drug-likeness (QED) is 0.402. The zero-order valence-corrected chi connectivity index (χ0v) is 20.8. The molecular formula is C23H20ClN3O6S2. The molecule has 2 heterocycles. The maximum Gasteiger partial charge on any atom is 0.419 e. The number of nitrogens with zero attached hydrogens (tertiary/aromatic N) is 2. The van der Waals surface area contributed by atoms with E-state index in [2.05, 4.69) is 4.72 Å². The number of sulfonamides is 2. The van der Waals surface area contributed by atoms with Crippen LogP contribution in [0.5, 0.6) is 0 Å². The Kier molecular flexibility index (Phi) is 5.65. The van der Waals surface area contributed by atoms with Crippen LogP contribution in [0.4, 0.5) is 11.4 Å². The summed E-state index contributed by atoms with van der Waals surface area (Å²) in [6, 6.07) is 14.8. The minimum absolute atomic E-state index is 0.0897. The van der Waals surface area contributed by atoms with Crippen LogP contribution < -0.4 is 14.8 Å². The van der Waals surface area contributed by atoms with Crippen LogP contribution in [-0.4, -0.2) is 27.9 Å². The summed E-state index contributed by atoms with van der Waals surface area (Å²) >= 11 is 5.89. The van der Waals surface area contributed by atoms with E-state index < -0.39 is 25.8 Å². The molecule has 35 heavy (non-hydrogen) atoms. The molecule has 0 spiro atoms. The van der Waals surface area contributed by atoms with Gasteiger partial charge in [-0.05, 0) is 67.4 Å². The molecule has 0 aliphatic carbocycles. The third-order valence-corrected chi connectivity index (χ3v) is 9.32. The Hall–Kier alpha value is -3.28. The van der Waals surface area contributed by atoms with Crippen molar-refractivity contribution in [3.8, 4) is 0 Å². The summed E-state index contributed by atoms with van der Waals surface area (Å²) in [6.07, 6.45) is 0.499. The molecule has 4 aromatic rings. The molecule has 0 radical (unpaired) electrons. The molecule has 0 saturated heterocycles. The largest absolute Gasteiger partial charge is 0.419 e. The van der Waals surface area contributed by atoms with Gasteiger partial charge in [-0.15, -0.1) is 0 Å². The van der Waals surface area contributed by atoms with Gasteiger partial charge >= 0.3 is 5.76 Å². The van der Waals surface area contributed by atoms with Gasteiger partial charge in [-0.2, -0.15) is 0 Å². The van der Waals surface area contributed by atoms with Crippen molar-refractivity contribution < 1.29 is 21.3 Å². The molecule has 1 aliphatic rings. The molecular weight excluding hydrogens is 514 g/mol. The lowest BCUT2D eigenvalue weighted by molar-refractivity contribution is 0.512. The summed E-state index contributed by atoms with van der Waals surface area (Å²) in [5, 5.41) is 0.422. The number of hydrogen-bond donors (Lipinski definition) is 1. The summed E-state index contributed by atoms with van der Waals surface area (Å²) in [5.74, 6) is -0.564. The van der Waals surface area contributed by atoms with Crippen LogP contribution in [0.2, 0.25) is 5.02 Å². The summed E-state index contributed by atoms with van der Waals surface area (Å²) in [4.78, 5) is 11.9. The van der Waals surface area contributed by atoms with Crippen molar-refractivity contribution in [3.63, 3.8) is 0 Å². The van der Waals surface area contributed by atoms with Gasteiger partial charge < -0.3 is 4.42 Å². The van der Waals surface area contributed by atoms with Gasteiger partial charge in [0.15, 0.2) is 5.58 Å². The van der Waals surface area contributed by atoms with Crippen molar-refractivity contribution >= 4 is 54.1 Å². The van der Waals surface area contributed by atoms with Crippen molar-refractivity contribution in [1.82, 2.24) is 4.57 Å². The maximum absolute atomic E-state index is 13.2. The Morgan fingerprint density at radius 3 is 2.40 bits per heavy atom. The molecule has 0 saturated carbocycles. The zero-order chi connectivity index (χ0) is 25.0. The molecule has 9 nitrogen and oxygen atoms in total. The third-order valence-electron chi connectivity index (χ3n) is 5.86. The van der Waals surface area contributed by atoms with Crippen LogP contribution in [0.3, 0.4) is 0 Å². The fraction of sp³-hybridized carbons (Fsp3) is 0.174. The first-order chi connectivity index (χ1) is 16.6. The summed E-state index contributed by atoms with van der Waals surface area (Å²) in [6.45, 7) is 2.41. The van der Waals surface area contributed by atoms with E-state index in [4.69, 9.17) is 16.0 Å². The SMILES string of the molecule is CCn1c(=O)oc2cc(S(=O)(=O)Nc3ccc4c(c3)N(S(=O)(=O)c3ccc(Cl)cc3)CC4)ccc21. The number of halogens is 1. The van der Waals surface area contributed by atoms with Gasteiger partial charge in [0, 0.05) is 24.2 Å². The third kappa shape index (κ3) is 4.09. The first-order valence-electron chi connectivity index (χ1n) is 10.7. The standard InChI is InChI=1S/C23H20ClN3O6S2/c1-2-26-20-10-9-19(14-22(20)33-23(26)28)34(29,30)25-17-6-3-15-11-12-27(21(15)13-17)35(31,32)18-7-4-16(24)5-8-18/h3-10,13-14,25H,2,11-12H2,1H3. The smallest absolute Gasteiger partial charge is 0.408 e. The van der Waals surface area contributed by atoms with E-state index in [1.54, 1.807) is 19.1 Å². The second kappa shape index (κ2) is 8.43. The van der Waals surface area contributed by atoms with E-state index >= 15 is 0 Å². The lowest BCUT2D eigenvalue weighted by atomic mass is 10.1. The van der Waals surface area contributed by atoms with Crippen molar-refractivity contribution in [2.75, 3.05) is 15.6 Å². The first kappa shape index (κ1) is 23.5. The predicted molar refractivity (Wildman–Crippen MR) is 133 cm³/mol. The fourth-order valence-corrected chi connectivity index (χ4v) is 6.81. The highest BCUT2D eigenvalue weighted by Gasteiger charge is 2.31. The molecule has 5 rings (SSSR count). The van der Waals surface area contributed by atoms with E-state index in [0.717, 1.165) is 5.56 Å². The number of rotatable bonds is 6. The number of aromatic nitrogens is 1. The molecule has 0 fully saturated rings. The van der Waals surface area contributed by atoms with Crippen molar-refractivity contribution in [2.45, 2.75) is 29.7 Å². The van der Waals surface area contributed by atoms with Gasteiger partial charge in [0.2, 0.25) is 0 Å². The second-order valence-electron chi connectivity index (χ2n) is 7.97. The van der Waals surface area contributed by atoms with Crippen LogP contribution in [0.1, 0.15) is 12.5 Å². The second-order valence-corrected chi connectivity index (χ2v) is 12.0. The minimum Gasteiger partial charge on any atom is -0.408 e. The zero-order valence-electron chi connectivity index (χ0n) is 18.4. The Morgan fingerprint density at radius 2 is 1.69 bits per heavy atom. The first-order valence-corrected chi connectivity index (χ1v) is 14.0. The molecule has 0 unspecified atom stereocenters. The van der Waals surface area contributed by atoms with E-state index in [0.29, 0.717) is 29.2 Å². The number of aryl methyl sites for hydroxylation is 1. The number of benzene rings is 3. The number of anilines is 2. The van der Waals surface area contributed by atoms with Crippen LogP contribution in [-0.2, 0) is 33.0 Å². The molecule has 1 N–H and O–H groups in total. The van der Waals surface area contributed by atoms with Gasteiger partial charge in [-0.25, -0.2) is 21.6 Å². The Balaban J connectivity index is 1.47. The Bertz CT molecular complexity index is 1730. The van der Waals surface area contributed by atoms with E-state index in [1.807, 2.05) is 0 Å². The predicted octanol–water partition coefficient (Wildman–Crippen LogP) is 3.82. The molecule has 1 aliphatic heterocycles. The molecule has 0 atom stereocenters. The summed E-state index contributed by atoms with van der Waals surface area (Å²) in [5.41, 5.74) is 2.05. The summed E-state index contributed by atoms with van der Waals surface area (Å²) < 4.78 is 62.9. The highest BCUT2D eigenvalue weighted by molar-refractivity contribution is 7.93. The minimum atomic E-state index is -4.05. The van der Waals surface area contributed by atoms with Gasteiger partial charge in [0.05, 0.1) is 26.7 Å². The Morgan fingerprint density at radius 1 is 0.971 bits per heavy atom. The summed E-state index contributed by atoms with van der Waals surface area (Å²) in [7, 11) is -7.90. The van der Waals surface area contributed by atoms with Crippen molar-refractivity contribution in [2.24, 2.45) is 0 Å². The van der Waals surface area contributed by atoms with Crippen LogP contribution >= 0.6 is 11.6 Å². The highest BCUT2D eigenvalue weighted by Crippen LogP contribution is 2.36. The number of hydrogen-bond acceptors (Lipinski definition) is 6. The monoisotopic (exact) mass is 533 g/mol. The van der Waals surface area contributed by atoms with Crippen LogP contribution in [0.15, 0.2) is 79.7 Å².